The van der Waals surface area contributed by atoms with Crippen LogP contribution in [0.25, 0.3) is 6.08 Å². The van der Waals surface area contributed by atoms with E-state index in [1.807, 2.05) is 24.3 Å². The number of allylic oxidation sites excluding steroid dienone is 3. The number of phenolic OH excluding ortho intramolecular Hbond substituents is 1. The lowest BCUT2D eigenvalue weighted by atomic mass is 9.87. The third-order valence-corrected chi connectivity index (χ3v) is 5.85. The van der Waals surface area contributed by atoms with E-state index in [2.05, 4.69) is 33.8 Å². The smallest absolute Gasteiger partial charge is 0.189 e. The normalized spacial score (nSPS) is 20.2. The van der Waals surface area contributed by atoms with Gasteiger partial charge in [0.05, 0.1) is 12.7 Å². The van der Waals surface area contributed by atoms with Crippen molar-refractivity contribution in [1.29, 1.82) is 0 Å². The highest BCUT2D eigenvalue weighted by Crippen LogP contribution is 2.37. The Kier molecular flexibility index (Phi) is 6.35. The van der Waals surface area contributed by atoms with Gasteiger partial charge in [0.2, 0.25) is 0 Å². The van der Waals surface area contributed by atoms with E-state index >= 15 is 0 Å². The number of phenols is 1. The molecule has 1 atom stereocenters. The van der Waals surface area contributed by atoms with Crippen LogP contribution >= 0.6 is 0 Å². The number of ketones is 1. The van der Waals surface area contributed by atoms with Crippen molar-refractivity contribution in [2.24, 2.45) is 5.92 Å². The monoisotopic (exact) mass is 406 g/mol. The third kappa shape index (κ3) is 4.93. The van der Waals surface area contributed by atoms with E-state index in [-0.39, 0.29) is 22.7 Å². The summed E-state index contributed by atoms with van der Waals surface area (Å²) in [6.07, 6.45) is 7.00. The fourth-order valence-corrected chi connectivity index (χ4v) is 3.52. The molecular weight excluding hydrogens is 376 g/mol. The van der Waals surface area contributed by atoms with E-state index in [1.54, 1.807) is 25.3 Å². The Labute approximate surface area is 178 Å². The predicted molar refractivity (Wildman–Crippen MR) is 120 cm³/mol. The number of benzene rings is 2. The average Bonchev–Trinajstić information content (AvgIpc) is 2.74. The molecule has 0 saturated heterocycles. The molecule has 1 N–H and O–H groups in total. The van der Waals surface area contributed by atoms with Crippen molar-refractivity contribution in [3.8, 4) is 17.2 Å². The Morgan fingerprint density at radius 2 is 1.93 bits per heavy atom. The number of fused-ring (bicyclic) bond motifs is 1. The minimum atomic E-state index is -0.388. The van der Waals surface area contributed by atoms with Crippen LogP contribution in [-0.4, -0.2) is 23.6 Å². The molecule has 30 heavy (non-hydrogen) atoms. The molecule has 1 aliphatic heterocycles. The molecular formula is C26H30O4. The van der Waals surface area contributed by atoms with Gasteiger partial charge in [-0.25, -0.2) is 0 Å². The Morgan fingerprint density at radius 3 is 2.60 bits per heavy atom. The molecule has 1 unspecified atom stereocenters. The SMILES string of the molecule is COc1ccc(/C=C/C(=O)c2cc3c(cc2O)OC(C)(C)C(C)C/C(C)=C\C3)cc1. The van der Waals surface area contributed by atoms with Crippen LogP contribution in [0.5, 0.6) is 17.2 Å². The van der Waals surface area contributed by atoms with Gasteiger partial charge < -0.3 is 14.6 Å². The van der Waals surface area contributed by atoms with Gasteiger partial charge >= 0.3 is 0 Å². The van der Waals surface area contributed by atoms with Crippen LogP contribution in [-0.2, 0) is 6.42 Å². The number of methoxy groups -OCH3 is 1. The number of ether oxygens (including phenoxy) is 2. The third-order valence-electron chi connectivity index (χ3n) is 5.85. The molecule has 3 rings (SSSR count). The van der Waals surface area contributed by atoms with Crippen LogP contribution in [0.3, 0.4) is 0 Å². The maximum Gasteiger partial charge on any atom is 0.189 e. The Morgan fingerprint density at radius 1 is 1.23 bits per heavy atom. The Bertz CT molecular complexity index is 981. The second-order valence-corrected chi connectivity index (χ2v) is 8.51. The molecule has 0 aliphatic carbocycles. The summed E-state index contributed by atoms with van der Waals surface area (Å²) in [5.41, 5.74) is 2.96. The highest BCUT2D eigenvalue weighted by atomic mass is 16.5. The number of aromatic hydroxyl groups is 1. The minimum Gasteiger partial charge on any atom is -0.507 e. The zero-order chi connectivity index (χ0) is 21.9. The fourth-order valence-electron chi connectivity index (χ4n) is 3.52. The van der Waals surface area contributed by atoms with Crippen LogP contribution < -0.4 is 9.47 Å². The molecule has 0 spiro atoms. The first-order valence-corrected chi connectivity index (χ1v) is 10.3. The van der Waals surface area contributed by atoms with E-state index in [0.717, 1.165) is 23.3 Å². The molecule has 2 aromatic carbocycles. The van der Waals surface area contributed by atoms with Crippen LogP contribution in [0, 0.1) is 5.92 Å². The molecule has 1 heterocycles. The van der Waals surface area contributed by atoms with Gasteiger partial charge in [0.25, 0.3) is 0 Å². The number of carbonyl (C=O) groups is 1. The number of carbonyl (C=O) groups excluding carboxylic acids is 1. The Hall–Kier alpha value is -3.01. The quantitative estimate of drug-likeness (QED) is 0.385. The zero-order valence-electron chi connectivity index (χ0n) is 18.4. The highest BCUT2D eigenvalue weighted by molar-refractivity contribution is 6.08. The summed E-state index contributed by atoms with van der Waals surface area (Å²) in [5, 5.41) is 10.6. The van der Waals surface area contributed by atoms with Crippen molar-refractivity contribution < 1.29 is 19.4 Å². The maximum atomic E-state index is 12.8. The summed E-state index contributed by atoms with van der Waals surface area (Å²) < 4.78 is 11.4. The molecule has 1 aliphatic rings. The number of hydrogen-bond acceptors (Lipinski definition) is 4. The van der Waals surface area contributed by atoms with E-state index in [9.17, 15) is 9.90 Å². The van der Waals surface area contributed by atoms with Crippen molar-refractivity contribution in [2.75, 3.05) is 7.11 Å². The minimum absolute atomic E-state index is 0.0680. The van der Waals surface area contributed by atoms with Gasteiger partial charge in [0.1, 0.15) is 22.8 Å². The van der Waals surface area contributed by atoms with E-state index < -0.39 is 0 Å². The van der Waals surface area contributed by atoms with Gasteiger partial charge in [-0.05, 0) is 74.9 Å². The molecule has 0 radical (unpaired) electrons. The van der Waals surface area contributed by atoms with Crippen molar-refractivity contribution in [3.05, 3.63) is 70.8 Å². The Balaban J connectivity index is 1.91. The second kappa shape index (κ2) is 8.78. The van der Waals surface area contributed by atoms with Crippen LogP contribution in [0.1, 0.15) is 55.6 Å². The molecule has 0 fully saturated rings. The lowest BCUT2D eigenvalue weighted by Crippen LogP contribution is -2.36. The molecule has 4 heteroatoms. The summed E-state index contributed by atoms with van der Waals surface area (Å²) >= 11 is 0. The van der Waals surface area contributed by atoms with Crippen molar-refractivity contribution >= 4 is 11.9 Å². The van der Waals surface area contributed by atoms with E-state index in [4.69, 9.17) is 9.47 Å². The first-order valence-electron chi connectivity index (χ1n) is 10.3. The molecule has 0 amide bonds. The van der Waals surface area contributed by atoms with Crippen LogP contribution in [0.15, 0.2) is 54.1 Å². The highest BCUT2D eigenvalue weighted by Gasteiger charge is 2.30. The van der Waals surface area contributed by atoms with Crippen molar-refractivity contribution in [2.45, 2.75) is 46.1 Å². The summed E-state index contributed by atoms with van der Waals surface area (Å²) in [6.45, 7) is 8.42. The lowest BCUT2D eigenvalue weighted by Gasteiger charge is -2.33. The fraction of sp³-hybridized carbons (Fsp3) is 0.346. The summed E-state index contributed by atoms with van der Waals surface area (Å²) in [5.74, 6) is 1.39. The molecule has 4 nitrogen and oxygen atoms in total. The summed E-state index contributed by atoms with van der Waals surface area (Å²) in [7, 11) is 1.61. The van der Waals surface area contributed by atoms with Gasteiger partial charge in [0, 0.05) is 6.07 Å². The largest absolute Gasteiger partial charge is 0.507 e. The standard InChI is InChI=1S/C26H30O4/c1-17-6-10-20-15-22(23(27)13-9-19-7-11-21(29-5)12-8-19)24(28)16-25(20)30-26(3,4)18(2)14-17/h6-9,11-13,15-16,18,28H,10,14H2,1-5H3/b13-9+,17-6-. The van der Waals surface area contributed by atoms with Gasteiger partial charge in [-0.15, -0.1) is 0 Å². The first-order chi connectivity index (χ1) is 14.2. The number of rotatable bonds is 4. The summed E-state index contributed by atoms with van der Waals surface area (Å²) in [4.78, 5) is 12.8. The van der Waals surface area contributed by atoms with Crippen LogP contribution in [0.2, 0.25) is 0 Å². The van der Waals surface area contributed by atoms with Gasteiger partial charge in [-0.2, -0.15) is 0 Å². The van der Waals surface area contributed by atoms with Gasteiger partial charge in [-0.1, -0.05) is 36.8 Å². The number of hydrogen-bond donors (Lipinski definition) is 1. The van der Waals surface area contributed by atoms with Crippen molar-refractivity contribution in [1.82, 2.24) is 0 Å². The molecule has 0 aromatic heterocycles. The molecule has 2 aromatic rings. The molecule has 158 valence electrons. The van der Waals surface area contributed by atoms with Crippen LogP contribution in [0.4, 0.5) is 0 Å². The van der Waals surface area contributed by atoms with Crippen molar-refractivity contribution in [3.63, 3.8) is 0 Å². The average molecular weight is 407 g/mol. The predicted octanol–water partition coefficient (Wildman–Crippen LogP) is 5.98. The first kappa shape index (κ1) is 21.7. The van der Waals surface area contributed by atoms with Gasteiger partial charge in [-0.3, -0.25) is 4.79 Å². The lowest BCUT2D eigenvalue weighted by molar-refractivity contribution is 0.0513. The topological polar surface area (TPSA) is 55.8 Å². The van der Waals surface area contributed by atoms with E-state index in [1.165, 1.54) is 11.6 Å². The molecule has 0 saturated carbocycles. The molecule has 0 bridgehead atoms. The zero-order valence-corrected chi connectivity index (χ0v) is 18.4. The maximum absolute atomic E-state index is 12.8. The van der Waals surface area contributed by atoms with Gasteiger partial charge in [0.15, 0.2) is 5.78 Å². The summed E-state index contributed by atoms with van der Waals surface area (Å²) in [6, 6.07) is 10.7. The second-order valence-electron chi connectivity index (χ2n) is 8.51. The van der Waals surface area contributed by atoms with E-state index in [0.29, 0.717) is 18.1 Å².